The van der Waals surface area contributed by atoms with Crippen molar-refractivity contribution in [3.8, 4) is 5.75 Å². The Morgan fingerprint density at radius 3 is 2.23 bits per heavy atom. The van der Waals surface area contributed by atoms with Gasteiger partial charge in [0.2, 0.25) is 11.0 Å². The molecule has 2 rings (SSSR count). The maximum Gasteiger partial charge on any atom is 0.345 e. The molecule has 0 bridgehead atoms. The topological polar surface area (TPSA) is 175 Å². The lowest BCUT2D eigenvalue weighted by Crippen LogP contribution is -2.32. The highest BCUT2D eigenvalue weighted by Crippen LogP contribution is 2.40. The normalized spacial score (nSPS) is 10.6. The average Bonchev–Trinajstić information content (AvgIpc) is 3.25. The Morgan fingerprint density at radius 1 is 1.11 bits per heavy atom. The Hall–Kier alpha value is -4.14. The molecule has 1 heterocycles. The molecule has 0 aliphatic rings. The monoisotopic (exact) mass is 508 g/mol. The molecular formula is C20H24N6O8S. The lowest BCUT2D eigenvalue weighted by Gasteiger charge is -2.27. The van der Waals surface area contributed by atoms with Gasteiger partial charge in [-0.15, -0.1) is 10.2 Å². The number of rotatable bonds is 12. The Bertz CT molecular complexity index is 1100. The number of aromatic nitrogens is 1. The molecule has 1 aromatic carbocycles. The second-order valence-corrected chi connectivity index (χ2v) is 7.82. The summed E-state index contributed by atoms with van der Waals surface area (Å²) in [6, 6.07) is 3.09. The van der Waals surface area contributed by atoms with Gasteiger partial charge in [0.1, 0.15) is 30.8 Å². The molecule has 0 radical (unpaired) electrons. The van der Waals surface area contributed by atoms with Crippen LogP contribution in [0.4, 0.5) is 27.2 Å². The van der Waals surface area contributed by atoms with Crippen LogP contribution in [0.5, 0.6) is 5.75 Å². The third-order valence-corrected chi connectivity index (χ3v) is 5.02. The van der Waals surface area contributed by atoms with Crippen molar-refractivity contribution in [2.75, 3.05) is 43.6 Å². The molecular weight excluding hydrogens is 484 g/mol. The smallest absolute Gasteiger partial charge is 0.345 e. The highest BCUT2D eigenvalue weighted by molar-refractivity contribution is 7.18. The molecule has 0 aliphatic carbocycles. The van der Waals surface area contributed by atoms with Crippen LogP contribution < -0.4 is 15.0 Å². The van der Waals surface area contributed by atoms with E-state index in [-0.39, 0.29) is 53.7 Å². The molecule has 1 N–H and O–H groups in total. The molecule has 14 nitrogen and oxygen atoms in total. The first-order valence-electron chi connectivity index (χ1n) is 10.1. The van der Waals surface area contributed by atoms with E-state index in [1.165, 1.54) is 33.9 Å². The number of nitrogens with zero attached hydrogens (tertiary/aromatic N) is 5. The third kappa shape index (κ3) is 8.62. The summed E-state index contributed by atoms with van der Waals surface area (Å²) < 4.78 is 15.6. The minimum atomic E-state index is -0.586. The number of nitro groups is 1. The lowest BCUT2D eigenvalue weighted by molar-refractivity contribution is -0.380. The van der Waals surface area contributed by atoms with Crippen molar-refractivity contribution in [3.05, 3.63) is 28.4 Å². The predicted octanol–water partition coefficient (Wildman–Crippen LogP) is 3.37. The number of anilines is 2. The van der Waals surface area contributed by atoms with Gasteiger partial charge in [-0.1, -0.05) is 0 Å². The standard InChI is InChI=1S/C20H24N6O8S/c1-12(27)22-15-9-17(25(5-7-33-13(2)28)6-8-34-14(3)29)18(32-4)10-16(15)23-24-20-21-11-19(35-20)26(30)31/h9-11H,5-8H2,1-4H3,(H,22,27). The number of thiazole rings is 1. The Balaban J connectivity index is 2.44. The lowest BCUT2D eigenvalue weighted by atomic mass is 10.2. The number of methoxy groups -OCH3 is 1. The summed E-state index contributed by atoms with van der Waals surface area (Å²) in [5, 5.41) is 21.4. The van der Waals surface area contributed by atoms with Crippen molar-refractivity contribution in [1.29, 1.82) is 0 Å². The Kier molecular flexibility index (Phi) is 10.0. The SMILES string of the molecule is COc1cc(N=Nc2ncc([N+](=O)[O-])s2)c(NC(C)=O)cc1N(CCOC(C)=O)CCOC(C)=O. The number of amides is 1. The van der Waals surface area contributed by atoms with Crippen LogP contribution in [-0.4, -0.2) is 61.2 Å². The van der Waals surface area contributed by atoms with Crippen molar-refractivity contribution in [2.45, 2.75) is 20.8 Å². The van der Waals surface area contributed by atoms with E-state index < -0.39 is 16.9 Å². The summed E-state index contributed by atoms with van der Waals surface area (Å²) in [6.07, 6.45) is 1.07. The minimum absolute atomic E-state index is 0.0536. The summed E-state index contributed by atoms with van der Waals surface area (Å²) in [5.74, 6) is -0.944. The Labute approximate surface area is 204 Å². The second kappa shape index (κ2) is 12.9. The van der Waals surface area contributed by atoms with Crippen molar-refractivity contribution in [2.24, 2.45) is 10.2 Å². The van der Waals surface area contributed by atoms with Crippen molar-refractivity contribution < 1.29 is 33.5 Å². The van der Waals surface area contributed by atoms with Crippen molar-refractivity contribution in [1.82, 2.24) is 4.98 Å². The highest BCUT2D eigenvalue weighted by Gasteiger charge is 2.19. The summed E-state index contributed by atoms with van der Waals surface area (Å²) in [5.41, 5.74) is 0.978. The molecule has 0 atom stereocenters. The maximum atomic E-state index is 11.8. The van der Waals surface area contributed by atoms with E-state index in [0.29, 0.717) is 11.4 Å². The number of hydrogen-bond acceptors (Lipinski definition) is 13. The van der Waals surface area contributed by atoms with E-state index in [1.807, 2.05) is 0 Å². The van der Waals surface area contributed by atoms with E-state index >= 15 is 0 Å². The van der Waals surface area contributed by atoms with Crippen molar-refractivity contribution >= 4 is 56.4 Å². The summed E-state index contributed by atoms with van der Waals surface area (Å²) in [6.45, 7) is 4.47. The third-order valence-electron chi connectivity index (χ3n) is 4.19. The van der Waals surface area contributed by atoms with Gasteiger partial charge in [-0.05, 0) is 17.4 Å². The molecule has 0 aliphatic heterocycles. The van der Waals surface area contributed by atoms with Gasteiger partial charge in [-0.25, -0.2) is 4.98 Å². The molecule has 0 saturated heterocycles. The first-order chi connectivity index (χ1) is 16.6. The van der Waals surface area contributed by atoms with E-state index in [2.05, 4.69) is 20.5 Å². The highest BCUT2D eigenvalue weighted by atomic mass is 32.1. The number of hydrogen-bond donors (Lipinski definition) is 1. The first-order valence-corrected chi connectivity index (χ1v) is 11.0. The van der Waals surface area contributed by atoms with Crippen LogP contribution >= 0.6 is 11.3 Å². The van der Waals surface area contributed by atoms with Crippen LogP contribution in [0.15, 0.2) is 28.6 Å². The van der Waals surface area contributed by atoms with E-state index in [1.54, 1.807) is 11.0 Å². The van der Waals surface area contributed by atoms with Gasteiger partial charge in [-0.2, -0.15) is 0 Å². The maximum absolute atomic E-state index is 11.8. The summed E-state index contributed by atoms with van der Waals surface area (Å²) in [7, 11) is 1.43. The summed E-state index contributed by atoms with van der Waals surface area (Å²) >= 11 is 0.740. The van der Waals surface area contributed by atoms with E-state index in [4.69, 9.17) is 14.2 Å². The molecule has 188 valence electrons. The van der Waals surface area contributed by atoms with Gasteiger partial charge in [0.15, 0.2) is 0 Å². The number of nitrogens with one attached hydrogen (secondary N) is 1. The van der Waals surface area contributed by atoms with Crippen LogP contribution in [0.3, 0.4) is 0 Å². The van der Waals surface area contributed by atoms with Crippen LogP contribution in [-0.2, 0) is 23.9 Å². The first kappa shape index (κ1) is 27.1. The number of azo groups is 1. The number of ether oxygens (including phenoxy) is 3. The quantitative estimate of drug-likeness (QED) is 0.194. The molecule has 35 heavy (non-hydrogen) atoms. The van der Waals surface area contributed by atoms with E-state index in [9.17, 15) is 24.5 Å². The average molecular weight is 509 g/mol. The molecule has 1 amide bonds. The summed E-state index contributed by atoms with van der Waals surface area (Å²) in [4.78, 5) is 50.1. The van der Waals surface area contributed by atoms with Gasteiger partial charge < -0.3 is 24.4 Å². The second-order valence-electron chi connectivity index (χ2n) is 6.83. The van der Waals surface area contributed by atoms with Gasteiger partial charge in [0.05, 0.1) is 36.5 Å². The van der Waals surface area contributed by atoms with Gasteiger partial charge >= 0.3 is 16.9 Å². The van der Waals surface area contributed by atoms with Gasteiger partial charge in [0.25, 0.3) is 0 Å². The fourth-order valence-electron chi connectivity index (χ4n) is 2.78. The molecule has 0 saturated carbocycles. The van der Waals surface area contributed by atoms with Gasteiger partial charge in [-0.3, -0.25) is 24.5 Å². The van der Waals surface area contributed by atoms with Crippen molar-refractivity contribution in [3.63, 3.8) is 0 Å². The molecule has 0 fully saturated rings. The zero-order chi connectivity index (χ0) is 26.0. The van der Waals surface area contributed by atoms with Crippen LogP contribution in [0.2, 0.25) is 0 Å². The number of benzene rings is 1. The zero-order valence-corrected chi connectivity index (χ0v) is 20.3. The fourth-order valence-corrected chi connectivity index (χ4v) is 3.33. The largest absolute Gasteiger partial charge is 0.494 e. The fraction of sp³-hybridized carbons (Fsp3) is 0.400. The minimum Gasteiger partial charge on any atom is -0.494 e. The van der Waals surface area contributed by atoms with Gasteiger partial charge in [0, 0.05) is 26.8 Å². The van der Waals surface area contributed by atoms with Crippen LogP contribution in [0.1, 0.15) is 20.8 Å². The predicted molar refractivity (Wildman–Crippen MR) is 126 cm³/mol. The Morgan fingerprint density at radius 2 is 1.74 bits per heavy atom. The molecule has 0 spiro atoms. The molecule has 15 heteroatoms. The number of carbonyl (C=O) groups is 3. The molecule has 0 unspecified atom stereocenters. The number of esters is 2. The number of carbonyl (C=O) groups excluding carboxylic acids is 3. The zero-order valence-electron chi connectivity index (χ0n) is 19.5. The molecule has 1 aromatic heterocycles. The molecule has 2 aromatic rings. The van der Waals surface area contributed by atoms with Crippen LogP contribution in [0, 0.1) is 10.1 Å². The van der Waals surface area contributed by atoms with Crippen LogP contribution in [0.25, 0.3) is 0 Å². The van der Waals surface area contributed by atoms with E-state index in [0.717, 1.165) is 17.5 Å².